The normalized spacial score (nSPS) is 28.9. The van der Waals surface area contributed by atoms with Crippen molar-refractivity contribution in [1.29, 1.82) is 0 Å². The predicted molar refractivity (Wildman–Crippen MR) is 64.1 cm³/mol. The van der Waals surface area contributed by atoms with Gasteiger partial charge in [-0.2, -0.15) is 0 Å². The molecule has 1 heterocycles. The monoisotopic (exact) mass is 225 g/mol. The molecule has 1 aliphatic rings. The van der Waals surface area contributed by atoms with E-state index in [0.717, 1.165) is 12.8 Å². The number of thiophene rings is 1. The topological polar surface area (TPSA) is 32.3 Å². The van der Waals surface area contributed by atoms with Crippen molar-refractivity contribution in [2.24, 2.45) is 0 Å². The third-order valence-corrected chi connectivity index (χ3v) is 4.22. The summed E-state index contributed by atoms with van der Waals surface area (Å²) in [6.07, 6.45) is 4.32. The fourth-order valence-electron chi connectivity index (χ4n) is 2.25. The molecule has 2 N–H and O–H groups in total. The van der Waals surface area contributed by atoms with Crippen LogP contribution in [0.4, 0.5) is 0 Å². The minimum atomic E-state index is -0.152. The quantitative estimate of drug-likeness (QED) is 0.829. The molecule has 0 spiro atoms. The van der Waals surface area contributed by atoms with Gasteiger partial charge in [0.25, 0.3) is 0 Å². The highest BCUT2D eigenvalue weighted by molar-refractivity contribution is 7.10. The first-order chi connectivity index (χ1) is 7.27. The standard InChI is InChI=1S/C12H19NOS/c1-9(12-7-4-8-15-12)13-10-5-2-3-6-11(10)14/h4,7-11,13-14H,2-3,5-6H2,1H3/t9-,10?,11?/m0/s1. The molecule has 1 aromatic heterocycles. The van der Waals surface area contributed by atoms with Crippen molar-refractivity contribution < 1.29 is 5.11 Å². The molecule has 0 aliphatic heterocycles. The third-order valence-electron chi connectivity index (χ3n) is 3.16. The number of hydrogen-bond acceptors (Lipinski definition) is 3. The van der Waals surface area contributed by atoms with Gasteiger partial charge in [-0.1, -0.05) is 18.9 Å². The van der Waals surface area contributed by atoms with Crippen molar-refractivity contribution in [2.75, 3.05) is 0 Å². The second-order valence-corrected chi connectivity index (χ2v) is 5.34. The molecule has 1 saturated carbocycles. The fourth-order valence-corrected chi connectivity index (χ4v) is 2.99. The Labute approximate surface area is 95.3 Å². The lowest BCUT2D eigenvalue weighted by Gasteiger charge is -2.30. The second-order valence-electron chi connectivity index (χ2n) is 4.36. The molecule has 0 aromatic carbocycles. The number of nitrogens with one attached hydrogen (secondary N) is 1. The van der Waals surface area contributed by atoms with Gasteiger partial charge in [0.15, 0.2) is 0 Å². The van der Waals surface area contributed by atoms with Crippen molar-refractivity contribution in [1.82, 2.24) is 5.32 Å². The van der Waals surface area contributed by atoms with Gasteiger partial charge in [0.1, 0.15) is 0 Å². The number of aliphatic hydroxyl groups is 1. The summed E-state index contributed by atoms with van der Waals surface area (Å²) in [5.74, 6) is 0. The van der Waals surface area contributed by atoms with Crippen LogP contribution in [0.15, 0.2) is 17.5 Å². The molecule has 2 rings (SSSR count). The van der Waals surface area contributed by atoms with Crippen LogP contribution in [-0.4, -0.2) is 17.3 Å². The second kappa shape index (κ2) is 5.10. The minimum absolute atomic E-state index is 0.152. The summed E-state index contributed by atoms with van der Waals surface area (Å²) < 4.78 is 0. The van der Waals surface area contributed by atoms with E-state index in [1.54, 1.807) is 11.3 Å². The fraction of sp³-hybridized carbons (Fsp3) is 0.667. The van der Waals surface area contributed by atoms with Gasteiger partial charge in [0, 0.05) is 17.0 Å². The molecule has 1 aliphatic carbocycles. The average Bonchev–Trinajstić information content (AvgIpc) is 2.74. The Bertz CT molecular complexity index is 286. The average molecular weight is 225 g/mol. The molecule has 1 aromatic rings. The first-order valence-electron chi connectivity index (χ1n) is 5.75. The molecule has 15 heavy (non-hydrogen) atoms. The summed E-state index contributed by atoms with van der Waals surface area (Å²) in [6.45, 7) is 2.17. The van der Waals surface area contributed by atoms with Gasteiger partial charge in [-0.05, 0) is 31.2 Å². The Morgan fingerprint density at radius 2 is 2.27 bits per heavy atom. The van der Waals surface area contributed by atoms with Gasteiger partial charge in [-0.15, -0.1) is 11.3 Å². The first-order valence-corrected chi connectivity index (χ1v) is 6.63. The summed E-state index contributed by atoms with van der Waals surface area (Å²) in [5, 5.41) is 15.5. The maximum Gasteiger partial charge on any atom is 0.0693 e. The van der Waals surface area contributed by atoms with E-state index in [1.165, 1.54) is 17.7 Å². The maximum absolute atomic E-state index is 9.86. The van der Waals surface area contributed by atoms with Gasteiger partial charge in [-0.3, -0.25) is 0 Å². The minimum Gasteiger partial charge on any atom is -0.392 e. The third kappa shape index (κ3) is 2.80. The molecular formula is C12H19NOS. The van der Waals surface area contributed by atoms with Crippen LogP contribution >= 0.6 is 11.3 Å². The molecule has 3 atom stereocenters. The van der Waals surface area contributed by atoms with Crippen LogP contribution in [0, 0.1) is 0 Å². The van der Waals surface area contributed by atoms with E-state index in [-0.39, 0.29) is 12.1 Å². The molecular weight excluding hydrogens is 206 g/mol. The SMILES string of the molecule is C[C@H](NC1CCCCC1O)c1cccs1. The van der Waals surface area contributed by atoms with Gasteiger partial charge in [-0.25, -0.2) is 0 Å². The summed E-state index contributed by atoms with van der Waals surface area (Å²) in [4.78, 5) is 1.35. The van der Waals surface area contributed by atoms with E-state index in [1.807, 2.05) is 0 Å². The lowest BCUT2D eigenvalue weighted by atomic mass is 9.92. The largest absolute Gasteiger partial charge is 0.392 e. The van der Waals surface area contributed by atoms with E-state index in [9.17, 15) is 5.11 Å². The Morgan fingerprint density at radius 1 is 1.47 bits per heavy atom. The molecule has 0 radical (unpaired) electrons. The summed E-state index contributed by atoms with van der Waals surface area (Å²) in [5.41, 5.74) is 0. The zero-order valence-corrected chi connectivity index (χ0v) is 9.96. The number of aliphatic hydroxyl groups excluding tert-OH is 1. The molecule has 0 saturated heterocycles. The van der Waals surface area contributed by atoms with E-state index < -0.39 is 0 Å². The Hall–Kier alpha value is -0.380. The highest BCUT2D eigenvalue weighted by Gasteiger charge is 2.24. The maximum atomic E-state index is 9.86. The summed E-state index contributed by atoms with van der Waals surface area (Å²) in [6, 6.07) is 4.88. The van der Waals surface area contributed by atoms with E-state index in [2.05, 4.69) is 29.8 Å². The molecule has 2 unspecified atom stereocenters. The zero-order valence-electron chi connectivity index (χ0n) is 9.15. The molecule has 2 nitrogen and oxygen atoms in total. The number of hydrogen-bond donors (Lipinski definition) is 2. The van der Waals surface area contributed by atoms with E-state index in [0.29, 0.717) is 6.04 Å². The van der Waals surface area contributed by atoms with E-state index >= 15 is 0 Å². The van der Waals surface area contributed by atoms with Gasteiger partial charge < -0.3 is 10.4 Å². The van der Waals surface area contributed by atoms with E-state index in [4.69, 9.17) is 0 Å². The molecule has 1 fully saturated rings. The van der Waals surface area contributed by atoms with Crippen LogP contribution in [0.3, 0.4) is 0 Å². The van der Waals surface area contributed by atoms with Gasteiger partial charge in [0.05, 0.1) is 6.10 Å². The Balaban J connectivity index is 1.90. The number of rotatable bonds is 3. The van der Waals surface area contributed by atoms with Gasteiger partial charge in [0.2, 0.25) is 0 Å². The van der Waals surface area contributed by atoms with Crippen LogP contribution in [0.5, 0.6) is 0 Å². The lowest BCUT2D eigenvalue weighted by Crippen LogP contribution is -2.42. The van der Waals surface area contributed by atoms with Crippen LogP contribution in [0.25, 0.3) is 0 Å². The van der Waals surface area contributed by atoms with Crippen molar-refractivity contribution in [3.8, 4) is 0 Å². The smallest absolute Gasteiger partial charge is 0.0693 e. The van der Waals surface area contributed by atoms with Crippen molar-refractivity contribution in [2.45, 2.75) is 50.8 Å². The molecule has 3 heteroatoms. The highest BCUT2D eigenvalue weighted by atomic mass is 32.1. The zero-order chi connectivity index (χ0) is 10.7. The van der Waals surface area contributed by atoms with Crippen molar-refractivity contribution in [3.63, 3.8) is 0 Å². The molecule has 0 amide bonds. The Morgan fingerprint density at radius 3 is 2.93 bits per heavy atom. The summed E-state index contributed by atoms with van der Waals surface area (Å²) >= 11 is 1.78. The summed E-state index contributed by atoms with van der Waals surface area (Å²) in [7, 11) is 0. The van der Waals surface area contributed by atoms with Crippen molar-refractivity contribution in [3.05, 3.63) is 22.4 Å². The van der Waals surface area contributed by atoms with Crippen LogP contribution in [-0.2, 0) is 0 Å². The lowest BCUT2D eigenvalue weighted by molar-refractivity contribution is 0.0862. The molecule has 0 bridgehead atoms. The van der Waals surface area contributed by atoms with Crippen LogP contribution < -0.4 is 5.32 Å². The van der Waals surface area contributed by atoms with Crippen LogP contribution in [0.1, 0.15) is 43.5 Å². The van der Waals surface area contributed by atoms with Crippen LogP contribution in [0.2, 0.25) is 0 Å². The molecule has 84 valence electrons. The van der Waals surface area contributed by atoms with Gasteiger partial charge >= 0.3 is 0 Å². The highest BCUT2D eigenvalue weighted by Crippen LogP contribution is 2.23. The van der Waals surface area contributed by atoms with Crippen molar-refractivity contribution >= 4 is 11.3 Å². The Kier molecular flexibility index (Phi) is 3.78. The predicted octanol–water partition coefficient (Wildman–Crippen LogP) is 2.70. The first kappa shape index (κ1) is 11.1.